The molecule has 298 valence electrons. The van der Waals surface area contributed by atoms with Gasteiger partial charge in [0.2, 0.25) is 5.91 Å². The molecule has 4 aromatic rings. The van der Waals surface area contributed by atoms with Crippen molar-refractivity contribution in [3.05, 3.63) is 124 Å². The molecular weight excluding hydrogens is 733 g/mol. The predicted octanol–water partition coefficient (Wildman–Crippen LogP) is 7.05. The number of carbonyl (C=O) groups is 1. The van der Waals surface area contributed by atoms with Crippen LogP contribution in [0.1, 0.15) is 82.4 Å². The van der Waals surface area contributed by atoms with E-state index in [0.717, 1.165) is 22.3 Å². The van der Waals surface area contributed by atoms with Gasteiger partial charge in [0.25, 0.3) is 8.53 Å². The minimum atomic E-state index is -1.64. The zero-order valence-corrected chi connectivity index (χ0v) is 33.7. The summed E-state index contributed by atoms with van der Waals surface area (Å²) in [6, 6.07) is 29.3. The van der Waals surface area contributed by atoms with Crippen LogP contribution in [0.5, 0.6) is 5.75 Å². The summed E-state index contributed by atoms with van der Waals surface area (Å²) >= 11 is 0. The Labute approximate surface area is 330 Å². The third-order valence-electron chi connectivity index (χ3n) is 9.45. The number of amides is 1. The highest BCUT2D eigenvalue weighted by molar-refractivity contribution is 7.44. The summed E-state index contributed by atoms with van der Waals surface area (Å²) in [4.78, 5) is 29.0. The third-order valence-corrected chi connectivity index (χ3v) is 11.6. The Hall–Kier alpha value is -4.51. The molecule has 1 aliphatic rings. The van der Waals surface area contributed by atoms with E-state index in [1.807, 2.05) is 78.9 Å². The molecule has 1 aromatic heterocycles. The van der Waals surface area contributed by atoms with Gasteiger partial charge < -0.3 is 33.7 Å². The average Bonchev–Trinajstić information content (AvgIpc) is 3.58. The fourth-order valence-electron chi connectivity index (χ4n) is 6.95. The second kappa shape index (κ2) is 20.1. The van der Waals surface area contributed by atoms with Crippen molar-refractivity contribution in [3.63, 3.8) is 0 Å². The van der Waals surface area contributed by atoms with Crippen LogP contribution < -0.4 is 15.7 Å². The van der Waals surface area contributed by atoms with Gasteiger partial charge in [0.1, 0.15) is 23.4 Å². The van der Waals surface area contributed by atoms with Crippen LogP contribution in [-0.2, 0) is 35.5 Å². The Bertz CT molecular complexity index is 1900. The van der Waals surface area contributed by atoms with Gasteiger partial charge in [0.05, 0.1) is 51.6 Å². The Kier molecular flexibility index (Phi) is 15.3. The molecule has 5 rings (SSSR count). The number of aliphatic hydroxyl groups excluding tert-OH is 1. The number of hydrogen-bond acceptors (Lipinski definition) is 11. The molecule has 0 radical (unpaired) electrons. The topological polar surface area (TPSA) is 157 Å². The molecule has 0 bridgehead atoms. The van der Waals surface area contributed by atoms with Gasteiger partial charge in [-0.15, -0.1) is 0 Å². The number of rotatable bonds is 19. The molecule has 14 heteroatoms. The minimum absolute atomic E-state index is 0.0736. The number of nitrogens with zero attached hydrogens (tertiary/aromatic N) is 4. The molecule has 2 unspecified atom stereocenters. The highest BCUT2D eigenvalue weighted by atomic mass is 31.2. The van der Waals surface area contributed by atoms with Crippen molar-refractivity contribution >= 4 is 20.3 Å². The third kappa shape index (κ3) is 10.3. The maximum atomic E-state index is 13.3. The monoisotopic (exact) mass is 785 g/mol. The summed E-state index contributed by atoms with van der Waals surface area (Å²) < 4.78 is 36.0. The first-order valence-corrected chi connectivity index (χ1v) is 19.9. The molecule has 56 heavy (non-hydrogen) atoms. The standard InChI is InChI=1S/C42H52N5O8P/c1-29(2)47(30(3)4)56(53-25-10-23-43)55-38-27-40(46-24-21-39(44-31(5)49)45-41(46)50)54-37(38)22-26-52-42(33-11-8-7-9-12-33,34-15-13-32(28-48)14-16-34)35-17-19-36(51-6)20-18-35/h7-9,11-21,24,29-30,37-38,40,48H,10,22,25-28H2,1-6H3,(H,44,45,49,50)/t37-,38-,40-,42?,56?/m1/s1. The number of nitriles is 1. The smallest absolute Gasteiger partial charge is 0.351 e. The number of aromatic nitrogens is 2. The molecule has 1 saturated heterocycles. The molecular formula is C42H52N5O8P. The number of benzene rings is 3. The lowest BCUT2D eigenvalue weighted by atomic mass is 9.79. The van der Waals surface area contributed by atoms with Crippen molar-refractivity contribution in [3.8, 4) is 11.8 Å². The van der Waals surface area contributed by atoms with Gasteiger partial charge in [-0.2, -0.15) is 10.2 Å². The molecule has 5 atom stereocenters. The molecule has 13 nitrogen and oxygen atoms in total. The highest BCUT2D eigenvalue weighted by Crippen LogP contribution is 2.50. The van der Waals surface area contributed by atoms with Crippen LogP contribution in [0.4, 0.5) is 5.82 Å². The van der Waals surface area contributed by atoms with Gasteiger partial charge >= 0.3 is 5.69 Å². The van der Waals surface area contributed by atoms with E-state index >= 15 is 0 Å². The zero-order chi connectivity index (χ0) is 40.2. The lowest BCUT2D eigenvalue weighted by molar-refractivity contribution is -0.114. The largest absolute Gasteiger partial charge is 0.497 e. The van der Waals surface area contributed by atoms with E-state index in [9.17, 15) is 20.0 Å². The summed E-state index contributed by atoms with van der Waals surface area (Å²) in [5, 5.41) is 21.7. The normalized spacial score (nSPS) is 18.5. The van der Waals surface area contributed by atoms with E-state index in [1.165, 1.54) is 11.5 Å². The summed E-state index contributed by atoms with van der Waals surface area (Å²) in [6.45, 7) is 9.96. The van der Waals surface area contributed by atoms with Crippen molar-refractivity contribution in [1.82, 2.24) is 14.2 Å². The number of nitrogens with one attached hydrogen (secondary N) is 1. The number of aliphatic hydroxyl groups is 1. The fourth-order valence-corrected chi connectivity index (χ4v) is 8.71. The molecule has 1 amide bonds. The first-order chi connectivity index (χ1) is 27.0. The van der Waals surface area contributed by atoms with Gasteiger partial charge in [0.15, 0.2) is 0 Å². The summed E-state index contributed by atoms with van der Waals surface area (Å²) in [6.07, 6.45) is 0.635. The van der Waals surface area contributed by atoms with Gasteiger partial charge in [-0.3, -0.25) is 9.36 Å². The predicted molar refractivity (Wildman–Crippen MR) is 214 cm³/mol. The number of methoxy groups -OCH3 is 1. The fraction of sp³-hybridized carbons (Fsp3) is 0.429. The number of anilines is 1. The Morgan fingerprint density at radius 3 is 2.23 bits per heavy atom. The van der Waals surface area contributed by atoms with E-state index in [4.69, 9.17) is 23.3 Å². The van der Waals surface area contributed by atoms with Crippen molar-refractivity contribution < 1.29 is 33.2 Å². The molecule has 1 fully saturated rings. The maximum Gasteiger partial charge on any atom is 0.351 e. The van der Waals surface area contributed by atoms with Gasteiger partial charge in [0, 0.05) is 31.6 Å². The van der Waals surface area contributed by atoms with Crippen LogP contribution >= 0.6 is 8.53 Å². The second-order valence-corrected chi connectivity index (χ2v) is 15.4. The molecule has 1 aliphatic heterocycles. The first-order valence-electron chi connectivity index (χ1n) is 18.8. The number of hydrogen-bond donors (Lipinski definition) is 2. The highest BCUT2D eigenvalue weighted by Gasteiger charge is 2.43. The van der Waals surface area contributed by atoms with E-state index in [0.29, 0.717) is 18.6 Å². The van der Waals surface area contributed by atoms with Crippen molar-refractivity contribution in [2.24, 2.45) is 0 Å². The van der Waals surface area contributed by atoms with E-state index in [2.05, 4.69) is 48.7 Å². The molecule has 0 spiro atoms. The molecule has 2 heterocycles. The van der Waals surface area contributed by atoms with Crippen LogP contribution in [0, 0.1) is 11.3 Å². The van der Waals surface area contributed by atoms with Crippen LogP contribution in [0.2, 0.25) is 0 Å². The van der Waals surface area contributed by atoms with Crippen molar-refractivity contribution in [2.75, 3.05) is 25.6 Å². The number of carbonyl (C=O) groups excluding carboxylic acids is 1. The average molecular weight is 786 g/mol. The Morgan fingerprint density at radius 2 is 1.66 bits per heavy atom. The zero-order valence-electron chi connectivity index (χ0n) is 32.8. The van der Waals surface area contributed by atoms with E-state index in [1.54, 1.807) is 19.4 Å². The number of ether oxygens (including phenoxy) is 3. The SMILES string of the molecule is COc1ccc(C(OCC[C@H]2O[C@@H](n3ccc(NC(C)=O)nc3=O)C[C@H]2OP(OCCC#N)N(C(C)C)C(C)C)(c2ccccc2)c2ccc(CO)cc2)cc1. The summed E-state index contributed by atoms with van der Waals surface area (Å²) in [5.41, 5.74) is 1.75. The van der Waals surface area contributed by atoms with Gasteiger partial charge in [-0.05, 0) is 74.6 Å². The maximum absolute atomic E-state index is 13.3. The lowest BCUT2D eigenvalue weighted by Gasteiger charge is -2.38. The van der Waals surface area contributed by atoms with Crippen LogP contribution in [-0.4, -0.2) is 69.9 Å². The summed E-state index contributed by atoms with van der Waals surface area (Å²) in [5.74, 6) is 0.517. The van der Waals surface area contributed by atoms with Gasteiger partial charge in [-0.25, -0.2) is 9.46 Å². The van der Waals surface area contributed by atoms with Crippen LogP contribution in [0.3, 0.4) is 0 Å². The molecule has 0 saturated carbocycles. The van der Waals surface area contributed by atoms with Crippen molar-refractivity contribution in [2.45, 2.75) is 96.6 Å². The van der Waals surface area contributed by atoms with E-state index in [-0.39, 0.29) is 50.1 Å². The van der Waals surface area contributed by atoms with Gasteiger partial charge in [-0.1, -0.05) is 66.7 Å². The minimum Gasteiger partial charge on any atom is -0.497 e. The lowest BCUT2D eigenvalue weighted by Crippen LogP contribution is -2.37. The van der Waals surface area contributed by atoms with E-state index < -0.39 is 38.3 Å². The first kappa shape index (κ1) is 42.6. The summed E-state index contributed by atoms with van der Waals surface area (Å²) in [7, 11) is -0.0147. The van der Waals surface area contributed by atoms with Crippen molar-refractivity contribution in [1.29, 1.82) is 5.26 Å². The van der Waals surface area contributed by atoms with Crippen LogP contribution in [0.15, 0.2) is 95.9 Å². The van der Waals surface area contributed by atoms with Crippen LogP contribution in [0.25, 0.3) is 0 Å². The molecule has 3 aromatic carbocycles. The quantitative estimate of drug-likeness (QED) is 0.0571. The second-order valence-electron chi connectivity index (χ2n) is 14.0. The molecule has 0 aliphatic carbocycles. The molecule has 2 N–H and O–H groups in total. The Balaban J connectivity index is 1.52. The Morgan fingerprint density at radius 1 is 1.02 bits per heavy atom.